The van der Waals surface area contributed by atoms with Crippen LogP contribution in [0, 0.1) is 0 Å². The molecule has 8 heteroatoms. The van der Waals surface area contributed by atoms with E-state index in [9.17, 15) is 12.6 Å². The Balaban J connectivity index is 4.22. The van der Waals surface area contributed by atoms with Crippen molar-refractivity contribution >= 4 is 52.8 Å². The van der Waals surface area contributed by atoms with Crippen molar-refractivity contribution in [2.24, 2.45) is 0 Å². The fourth-order valence-corrected chi connectivity index (χ4v) is 4.81. The highest BCUT2D eigenvalue weighted by atomic mass is 79.9. The normalized spacial score (nSPS) is 18.9. The second-order valence-corrected chi connectivity index (χ2v) is 9.39. The summed E-state index contributed by atoms with van der Waals surface area (Å²) in [5, 5.41) is 0. The van der Waals surface area contributed by atoms with Crippen molar-refractivity contribution in [2.75, 3.05) is 11.5 Å². The molecule has 0 saturated heterocycles. The lowest BCUT2D eigenvalue weighted by molar-refractivity contribution is 0.562. The summed E-state index contributed by atoms with van der Waals surface area (Å²) >= 11 is 4.21. The van der Waals surface area contributed by atoms with E-state index in [1.807, 2.05) is 0 Å². The molecule has 0 aliphatic rings. The second-order valence-electron chi connectivity index (χ2n) is 2.83. The number of hydrogen-bond acceptors (Lipinski definition) is 3. The van der Waals surface area contributed by atoms with Gasteiger partial charge in [-0.05, 0) is 6.42 Å². The molecule has 0 rings (SSSR count). The average Bonchev–Trinajstić information content (AvgIpc) is 1.97. The van der Waals surface area contributed by atoms with Crippen LogP contribution >= 0.6 is 31.9 Å². The molecule has 0 radical (unpaired) electrons. The minimum atomic E-state index is -3.23. The summed E-state index contributed by atoms with van der Waals surface area (Å²) in [6, 6.07) is 0. The summed E-state index contributed by atoms with van der Waals surface area (Å²) in [5.74, 6) is -0.0210. The lowest BCUT2D eigenvalue weighted by atomic mass is 10.6. The predicted molar refractivity (Wildman–Crippen MR) is 65.1 cm³/mol. The summed E-state index contributed by atoms with van der Waals surface area (Å²) in [6.45, 7) is 1.74. The summed E-state index contributed by atoms with van der Waals surface area (Å²) in [5.41, 5.74) is 0. The maximum absolute atomic E-state index is 11.5. The zero-order valence-corrected chi connectivity index (χ0v) is 12.3. The number of alkyl halides is 2. The molecule has 0 aliphatic carbocycles. The maximum atomic E-state index is 11.5. The molecule has 0 fully saturated rings. The molecule has 0 heterocycles. The van der Waals surface area contributed by atoms with Crippen LogP contribution in [0.4, 0.5) is 0 Å². The van der Waals surface area contributed by atoms with Gasteiger partial charge in [0.15, 0.2) is 20.9 Å². The largest absolute Gasteiger partial charge is 0.306 e. The van der Waals surface area contributed by atoms with Gasteiger partial charge in [0.1, 0.15) is 4.16 Å². The standard InChI is InChI=1S/C6H12Br2O4S2/c1-5(7)4-14(11,12)6(8)2-3-13(9)10/h5-6H,2-4H2,1H3,(H,9,10). The molecule has 0 amide bonds. The first-order valence-electron chi connectivity index (χ1n) is 3.83. The third kappa shape index (κ3) is 6.49. The molecule has 0 spiro atoms. The molecule has 4 nitrogen and oxygen atoms in total. The van der Waals surface area contributed by atoms with Crippen LogP contribution in [0.3, 0.4) is 0 Å². The van der Waals surface area contributed by atoms with Crippen LogP contribution in [0.25, 0.3) is 0 Å². The van der Waals surface area contributed by atoms with Crippen LogP contribution in [-0.2, 0) is 20.9 Å². The Hall–Kier alpha value is 1.02. The van der Waals surface area contributed by atoms with Gasteiger partial charge >= 0.3 is 0 Å². The number of sulfone groups is 1. The van der Waals surface area contributed by atoms with E-state index < -0.39 is 25.1 Å². The average molecular weight is 372 g/mol. The van der Waals surface area contributed by atoms with Gasteiger partial charge in [0.05, 0.1) is 11.5 Å². The van der Waals surface area contributed by atoms with Gasteiger partial charge in [-0.25, -0.2) is 12.6 Å². The minimum absolute atomic E-state index is 0.0149. The van der Waals surface area contributed by atoms with Crippen molar-refractivity contribution in [3.63, 3.8) is 0 Å². The summed E-state index contributed by atoms with van der Waals surface area (Å²) < 4.78 is 41.1. The van der Waals surface area contributed by atoms with Crippen molar-refractivity contribution in [1.29, 1.82) is 0 Å². The highest BCUT2D eigenvalue weighted by Gasteiger charge is 2.24. The molecule has 0 aromatic heterocycles. The van der Waals surface area contributed by atoms with E-state index in [-0.39, 0.29) is 22.8 Å². The van der Waals surface area contributed by atoms with Crippen LogP contribution < -0.4 is 0 Å². The van der Waals surface area contributed by atoms with Gasteiger partial charge in [0, 0.05) is 4.83 Å². The van der Waals surface area contributed by atoms with E-state index in [4.69, 9.17) is 4.55 Å². The van der Waals surface area contributed by atoms with Crippen LogP contribution in [0.15, 0.2) is 0 Å². The Kier molecular flexibility index (Phi) is 7.05. The van der Waals surface area contributed by atoms with E-state index in [0.717, 1.165) is 0 Å². The second kappa shape index (κ2) is 6.57. The molecular formula is C6H12Br2O4S2. The number of hydrogen-bond donors (Lipinski definition) is 1. The zero-order chi connectivity index (χ0) is 11.4. The Morgan fingerprint density at radius 1 is 1.43 bits per heavy atom. The lowest BCUT2D eigenvalue weighted by Gasteiger charge is -2.11. The van der Waals surface area contributed by atoms with Gasteiger partial charge in [-0.3, -0.25) is 0 Å². The van der Waals surface area contributed by atoms with E-state index in [2.05, 4.69) is 31.9 Å². The first kappa shape index (κ1) is 15.0. The highest BCUT2D eigenvalue weighted by Crippen LogP contribution is 2.17. The summed E-state index contributed by atoms with van der Waals surface area (Å²) in [4.78, 5) is -0.118. The van der Waals surface area contributed by atoms with Crippen LogP contribution in [0.5, 0.6) is 0 Å². The van der Waals surface area contributed by atoms with Crippen molar-refractivity contribution in [3.05, 3.63) is 0 Å². The Morgan fingerprint density at radius 2 is 1.93 bits per heavy atom. The van der Waals surface area contributed by atoms with E-state index in [1.165, 1.54) is 0 Å². The predicted octanol–water partition coefficient (Wildman–Crippen LogP) is 1.52. The molecule has 3 unspecified atom stereocenters. The quantitative estimate of drug-likeness (QED) is 0.567. The van der Waals surface area contributed by atoms with Crippen molar-refractivity contribution in [1.82, 2.24) is 0 Å². The topological polar surface area (TPSA) is 71.4 Å². The molecule has 14 heavy (non-hydrogen) atoms. The molecule has 0 aromatic carbocycles. The van der Waals surface area contributed by atoms with Crippen LogP contribution in [-0.4, -0.2) is 37.7 Å². The third-order valence-electron chi connectivity index (χ3n) is 1.37. The Bertz CT molecular complexity index is 288. The molecule has 3 atom stereocenters. The fraction of sp³-hybridized carbons (Fsp3) is 1.00. The van der Waals surface area contributed by atoms with E-state index >= 15 is 0 Å². The smallest absolute Gasteiger partial charge is 0.164 e. The SMILES string of the molecule is CC(Br)CS(=O)(=O)C(Br)CCS(=O)O. The zero-order valence-electron chi connectivity index (χ0n) is 7.52. The monoisotopic (exact) mass is 370 g/mol. The van der Waals surface area contributed by atoms with E-state index in [1.54, 1.807) is 6.92 Å². The molecule has 0 saturated carbocycles. The van der Waals surface area contributed by atoms with Gasteiger partial charge in [-0.2, -0.15) is 0 Å². The Morgan fingerprint density at radius 3 is 2.29 bits per heavy atom. The fourth-order valence-electron chi connectivity index (χ4n) is 0.798. The van der Waals surface area contributed by atoms with Gasteiger partial charge < -0.3 is 4.55 Å². The molecule has 0 bridgehead atoms. The van der Waals surface area contributed by atoms with Crippen LogP contribution in [0.2, 0.25) is 0 Å². The molecule has 0 aliphatic heterocycles. The molecule has 86 valence electrons. The van der Waals surface area contributed by atoms with Crippen molar-refractivity contribution in [2.45, 2.75) is 22.3 Å². The minimum Gasteiger partial charge on any atom is -0.306 e. The van der Waals surface area contributed by atoms with Gasteiger partial charge in [0.25, 0.3) is 0 Å². The van der Waals surface area contributed by atoms with Gasteiger partial charge in [-0.15, -0.1) is 0 Å². The first-order valence-corrected chi connectivity index (χ1v) is 8.65. The molecular weight excluding hydrogens is 360 g/mol. The summed E-state index contributed by atoms with van der Waals surface area (Å²) in [7, 11) is -3.23. The van der Waals surface area contributed by atoms with Gasteiger partial charge in [-0.1, -0.05) is 38.8 Å². The molecule has 1 N–H and O–H groups in total. The van der Waals surface area contributed by atoms with Crippen LogP contribution in [0.1, 0.15) is 13.3 Å². The third-order valence-corrected chi connectivity index (χ3v) is 6.85. The van der Waals surface area contributed by atoms with Gasteiger partial charge in [0.2, 0.25) is 0 Å². The Labute approximate surface area is 103 Å². The summed E-state index contributed by atoms with van der Waals surface area (Å²) in [6.07, 6.45) is 0.144. The maximum Gasteiger partial charge on any atom is 0.164 e. The van der Waals surface area contributed by atoms with Crippen molar-refractivity contribution < 1.29 is 17.2 Å². The highest BCUT2D eigenvalue weighted by molar-refractivity contribution is 9.11. The lowest BCUT2D eigenvalue weighted by Crippen LogP contribution is -2.23. The number of rotatable bonds is 6. The molecule has 0 aromatic rings. The van der Waals surface area contributed by atoms with E-state index in [0.29, 0.717) is 0 Å². The number of halogens is 2. The first-order chi connectivity index (χ1) is 6.25. The van der Waals surface area contributed by atoms with Crippen molar-refractivity contribution in [3.8, 4) is 0 Å².